The smallest absolute Gasteiger partial charge is 0.277 e. The minimum Gasteiger partial charge on any atom is -0.368 e. The molecule has 0 N–H and O–H groups in total. The number of amides is 1. The number of carbonyl (C=O) groups excluding carboxylic acids is 1. The third-order valence-electron chi connectivity index (χ3n) is 5.95. The second kappa shape index (κ2) is 8.26. The molecule has 3 heterocycles. The van der Waals surface area contributed by atoms with Gasteiger partial charge in [-0.2, -0.15) is 5.10 Å². The molecule has 1 saturated heterocycles. The van der Waals surface area contributed by atoms with E-state index in [9.17, 15) is 9.59 Å². The fraction of sp³-hybridized carbons (Fsp3) is 0.391. The van der Waals surface area contributed by atoms with Gasteiger partial charge in [0.1, 0.15) is 9.88 Å². The van der Waals surface area contributed by atoms with Gasteiger partial charge in [0.15, 0.2) is 0 Å². The van der Waals surface area contributed by atoms with Crippen molar-refractivity contribution in [3.63, 3.8) is 0 Å². The largest absolute Gasteiger partial charge is 0.368 e. The SMILES string of the molecule is Cc1ccccc1N1CCN(C(=O)c2sc(-c3c(C)c(C)nn(C)c3=O)nc2C)CC1. The van der Waals surface area contributed by atoms with Crippen LogP contribution in [0.2, 0.25) is 0 Å². The lowest BCUT2D eigenvalue weighted by Crippen LogP contribution is -2.49. The maximum atomic E-state index is 13.3. The molecule has 0 aliphatic carbocycles. The highest BCUT2D eigenvalue weighted by Gasteiger charge is 2.27. The van der Waals surface area contributed by atoms with E-state index in [-0.39, 0.29) is 11.5 Å². The Labute approximate surface area is 186 Å². The summed E-state index contributed by atoms with van der Waals surface area (Å²) in [6, 6.07) is 8.34. The average Bonchev–Trinajstić information content (AvgIpc) is 3.13. The summed E-state index contributed by atoms with van der Waals surface area (Å²) in [4.78, 5) is 35.4. The first-order valence-electron chi connectivity index (χ1n) is 10.4. The van der Waals surface area contributed by atoms with Crippen molar-refractivity contribution in [3.8, 4) is 10.6 Å². The van der Waals surface area contributed by atoms with Gasteiger partial charge in [-0.1, -0.05) is 18.2 Å². The molecule has 0 saturated carbocycles. The lowest BCUT2D eigenvalue weighted by Gasteiger charge is -2.36. The summed E-state index contributed by atoms with van der Waals surface area (Å²) in [5.74, 6) is -0.00839. The second-order valence-corrected chi connectivity index (χ2v) is 9.01. The van der Waals surface area contributed by atoms with Crippen LogP contribution in [0.25, 0.3) is 10.6 Å². The summed E-state index contributed by atoms with van der Waals surface area (Å²) in [6.45, 7) is 10.6. The van der Waals surface area contributed by atoms with Gasteiger partial charge in [-0.15, -0.1) is 11.3 Å². The van der Waals surface area contributed by atoms with Crippen molar-refractivity contribution in [2.45, 2.75) is 27.7 Å². The minimum atomic E-state index is -0.192. The lowest BCUT2D eigenvalue weighted by atomic mass is 10.1. The number of benzene rings is 1. The number of hydrogen-bond donors (Lipinski definition) is 0. The van der Waals surface area contributed by atoms with Crippen LogP contribution in [0.4, 0.5) is 5.69 Å². The Morgan fingerprint density at radius 3 is 2.35 bits per heavy atom. The van der Waals surface area contributed by atoms with Gasteiger partial charge >= 0.3 is 0 Å². The van der Waals surface area contributed by atoms with Gasteiger partial charge in [-0.25, -0.2) is 9.67 Å². The molecule has 1 aromatic carbocycles. The molecular weight excluding hydrogens is 410 g/mol. The third-order valence-corrected chi connectivity index (χ3v) is 7.12. The summed E-state index contributed by atoms with van der Waals surface area (Å²) in [5, 5.41) is 4.82. The summed E-state index contributed by atoms with van der Waals surface area (Å²) in [6.07, 6.45) is 0. The molecule has 2 aromatic heterocycles. The van der Waals surface area contributed by atoms with Crippen LogP contribution in [-0.4, -0.2) is 51.8 Å². The number of carbonyl (C=O) groups is 1. The van der Waals surface area contributed by atoms with Crippen molar-refractivity contribution in [3.05, 3.63) is 62.0 Å². The van der Waals surface area contributed by atoms with Crippen LogP contribution >= 0.6 is 11.3 Å². The number of anilines is 1. The maximum Gasteiger partial charge on any atom is 0.277 e. The standard InChI is InChI=1S/C23H27N5O2S/c1-14-8-6-7-9-18(14)27-10-12-28(13-11-27)23(30)20-17(4)24-21(31-20)19-15(2)16(3)25-26(5)22(19)29/h6-9H,10-13H2,1-5H3. The molecule has 0 radical (unpaired) electrons. The Bertz CT molecular complexity index is 1210. The zero-order valence-corrected chi connectivity index (χ0v) is 19.4. The van der Waals surface area contributed by atoms with E-state index < -0.39 is 0 Å². The summed E-state index contributed by atoms with van der Waals surface area (Å²) < 4.78 is 1.33. The Hall–Kier alpha value is -3.00. The number of hydrogen-bond acceptors (Lipinski definition) is 6. The number of para-hydroxylation sites is 1. The quantitative estimate of drug-likeness (QED) is 0.630. The van der Waals surface area contributed by atoms with Crippen LogP contribution in [-0.2, 0) is 7.05 Å². The molecule has 1 aliphatic rings. The molecule has 7 nitrogen and oxygen atoms in total. The topological polar surface area (TPSA) is 71.3 Å². The van der Waals surface area contributed by atoms with E-state index in [1.807, 2.05) is 31.7 Å². The van der Waals surface area contributed by atoms with Gasteiger partial charge in [-0.3, -0.25) is 9.59 Å². The Balaban J connectivity index is 1.56. The first-order valence-corrected chi connectivity index (χ1v) is 11.2. The van der Waals surface area contributed by atoms with Crippen LogP contribution in [0.15, 0.2) is 29.1 Å². The number of aromatic nitrogens is 3. The fourth-order valence-corrected chi connectivity index (χ4v) is 5.14. The molecule has 3 aromatic rings. The van der Waals surface area contributed by atoms with E-state index in [1.54, 1.807) is 7.05 Å². The Morgan fingerprint density at radius 2 is 1.68 bits per heavy atom. The van der Waals surface area contributed by atoms with Gasteiger partial charge in [0.05, 0.1) is 17.0 Å². The zero-order chi connectivity index (χ0) is 22.3. The molecule has 0 spiro atoms. The number of rotatable bonds is 3. The van der Waals surface area contributed by atoms with Gasteiger partial charge in [0.2, 0.25) is 0 Å². The van der Waals surface area contributed by atoms with E-state index in [2.05, 4.69) is 40.1 Å². The lowest BCUT2D eigenvalue weighted by molar-refractivity contribution is 0.0750. The number of nitrogens with zero attached hydrogens (tertiary/aromatic N) is 5. The molecule has 31 heavy (non-hydrogen) atoms. The fourth-order valence-electron chi connectivity index (χ4n) is 4.01. The molecular formula is C23H27N5O2S. The molecule has 0 unspecified atom stereocenters. The number of aryl methyl sites for hydroxylation is 4. The van der Waals surface area contributed by atoms with Crippen molar-refractivity contribution in [1.82, 2.24) is 19.7 Å². The maximum absolute atomic E-state index is 13.3. The molecule has 8 heteroatoms. The molecule has 162 valence electrons. The van der Waals surface area contributed by atoms with Gasteiger partial charge < -0.3 is 9.80 Å². The van der Waals surface area contributed by atoms with E-state index in [0.717, 1.165) is 24.3 Å². The van der Waals surface area contributed by atoms with Crippen LogP contribution in [0, 0.1) is 27.7 Å². The summed E-state index contributed by atoms with van der Waals surface area (Å²) in [7, 11) is 1.64. The Kier molecular flexibility index (Phi) is 5.66. The number of piperazine rings is 1. The van der Waals surface area contributed by atoms with E-state index in [0.29, 0.717) is 34.2 Å². The minimum absolute atomic E-state index is 0.00839. The van der Waals surface area contributed by atoms with E-state index in [1.165, 1.54) is 27.3 Å². The van der Waals surface area contributed by atoms with Crippen molar-refractivity contribution >= 4 is 22.9 Å². The van der Waals surface area contributed by atoms with Gasteiger partial charge in [0.25, 0.3) is 11.5 Å². The van der Waals surface area contributed by atoms with Crippen molar-refractivity contribution in [2.75, 3.05) is 31.1 Å². The molecule has 1 aliphatic heterocycles. The first-order chi connectivity index (χ1) is 14.8. The van der Waals surface area contributed by atoms with Crippen LogP contribution in [0.3, 0.4) is 0 Å². The monoisotopic (exact) mass is 437 g/mol. The van der Waals surface area contributed by atoms with Crippen LogP contribution < -0.4 is 10.5 Å². The highest BCUT2D eigenvalue weighted by atomic mass is 32.1. The zero-order valence-electron chi connectivity index (χ0n) is 18.6. The summed E-state index contributed by atoms with van der Waals surface area (Å²) in [5.41, 5.74) is 5.07. The normalized spacial score (nSPS) is 14.2. The van der Waals surface area contributed by atoms with Crippen molar-refractivity contribution in [1.29, 1.82) is 0 Å². The van der Waals surface area contributed by atoms with E-state index >= 15 is 0 Å². The molecule has 1 fully saturated rings. The molecule has 0 bridgehead atoms. The van der Waals surface area contributed by atoms with Crippen LogP contribution in [0.1, 0.15) is 32.2 Å². The van der Waals surface area contributed by atoms with Crippen LogP contribution in [0.5, 0.6) is 0 Å². The molecule has 0 atom stereocenters. The third kappa shape index (κ3) is 3.87. The predicted molar refractivity (Wildman–Crippen MR) is 124 cm³/mol. The molecule has 1 amide bonds. The van der Waals surface area contributed by atoms with Gasteiger partial charge in [-0.05, 0) is 44.9 Å². The van der Waals surface area contributed by atoms with E-state index in [4.69, 9.17) is 0 Å². The van der Waals surface area contributed by atoms with Crippen molar-refractivity contribution in [2.24, 2.45) is 7.05 Å². The molecule has 4 rings (SSSR count). The van der Waals surface area contributed by atoms with Crippen molar-refractivity contribution < 1.29 is 4.79 Å². The Morgan fingerprint density at radius 1 is 1.00 bits per heavy atom. The first kappa shape index (κ1) is 21.2. The highest BCUT2D eigenvalue weighted by molar-refractivity contribution is 7.17. The van der Waals surface area contributed by atoms with Gasteiger partial charge in [0, 0.05) is 38.9 Å². The number of thiazole rings is 1. The predicted octanol–water partition coefficient (Wildman–Crippen LogP) is 3.10. The average molecular weight is 438 g/mol. The highest BCUT2D eigenvalue weighted by Crippen LogP contribution is 2.30. The summed E-state index contributed by atoms with van der Waals surface area (Å²) >= 11 is 1.30. The second-order valence-electron chi connectivity index (χ2n) is 8.01.